The van der Waals surface area contributed by atoms with E-state index in [-0.39, 0.29) is 11.5 Å². The first kappa shape index (κ1) is 16.7. The summed E-state index contributed by atoms with van der Waals surface area (Å²) in [5.41, 5.74) is 2.27. The molecular weight excluding hydrogens is 348 g/mol. The van der Waals surface area contributed by atoms with Crippen molar-refractivity contribution in [3.05, 3.63) is 62.5 Å². The van der Waals surface area contributed by atoms with Gasteiger partial charge in [0.1, 0.15) is 10.7 Å². The average molecular weight is 366 g/mol. The van der Waals surface area contributed by atoms with E-state index in [0.29, 0.717) is 23.3 Å². The van der Waals surface area contributed by atoms with E-state index in [2.05, 4.69) is 6.92 Å². The molecule has 3 aromatic rings. The second kappa shape index (κ2) is 6.53. The molecular formula is C20H18N2O3S. The number of hydrogen-bond acceptors (Lipinski definition) is 5. The van der Waals surface area contributed by atoms with Gasteiger partial charge in [0.25, 0.3) is 5.56 Å². The summed E-state index contributed by atoms with van der Waals surface area (Å²) in [6.07, 6.45) is 3.55. The molecule has 1 aliphatic heterocycles. The molecule has 6 heteroatoms. The Labute approximate surface area is 154 Å². The van der Waals surface area contributed by atoms with Crippen molar-refractivity contribution in [2.45, 2.75) is 26.3 Å². The highest BCUT2D eigenvalue weighted by atomic mass is 32.1. The van der Waals surface area contributed by atoms with Gasteiger partial charge in [0.2, 0.25) is 0 Å². The van der Waals surface area contributed by atoms with Crippen molar-refractivity contribution < 1.29 is 9.53 Å². The summed E-state index contributed by atoms with van der Waals surface area (Å²) >= 11 is 1.57. The Balaban J connectivity index is 1.86. The summed E-state index contributed by atoms with van der Waals surface area (Å²) in [6.45, 7) is 2.69. The fourth-order valence-corrected chi connectivity index (χ4v) is 4.24. The molecule has 5 nitrogen and oxygen atoms in total. The van der Waals surface area contributed by atoms with Crippen molar-refractivity contribution in [2.24, 2.45) is 0 Å². The molecule has 0 aliphatic carbocycles. The first-order valence-electron chi connectivity index (χ1n) is 8.54. The van der Waals surface area contributed by atoms with Crippen LogP contribution in [0, 0.1) is 0 Å². The van der Waals surface area contributed by atoms with Crippen LogP contribution in [0.5, 0.6) is 0 Å². The number of benzene rings is 1. The van der Waals surface area contributed by atoms with Gasteiger partial charge in [0.15, 0.2) is 0 Å². The van der Waals surface area contributed by atoms with Crippen molar-refractivity contribution in [2.75, 3.05) is 7.11 Å². The summed E-state index contributed by atoms with van der Waals surface area (Å²) in [7, 11) is 1.37. The van der Waals surface area contributed by atoms with E-state index in [1.807, 2.05) is 24.3 Å². The van der Waals surface area contributed by atoms with Crippen LogP contribution in [0.2, 0.25) is 0 Å². The summed E-state index contributed by atoms with van der Waals surface area (Å²) in [4.78, 5) is 31.5. The van der Waals surface area contributed by atoms with Gasteiger partial charge in [-0.25, -0.2) is 9.78 Å². The zero-order valence-electron chi connectivity index (χ0n) is 14.6. The highest BCUT2D eigenvalue weighted by Crippen LogP contribution is 2.30. The van der Waals surface area contributed by atoms with Crippen molar-refractivity contribution >= 4 is 39.2 Å². The molecule has 0 amide bonds. The number of aromatic nitrogens is 2. The minimum Gasteiger partial charge on any atom is -0.465 e. The molecule has 1 aromatic carbocycles. The maximum atomic E-state index is 12.8. The van der Waals surface area contributed by atoms with E-state index in [0.717, 1.165) is 33.7 Å². The number of hydrogen-bond donors (Lipinski definition) is 0. The Kier molecular flexibility index (Phi) is 4.20. The van der Waals surface area contributed by atoms with Crippen LogP contribution < -0.4 is 5.56 Å². The van der Waals surface area contributed by atoms with Crippen LogP contribution in [-0.4, -0.2) is 22.6 Å². The molecule has 0 saturated heterocycles. The lowest BCUT2D eigenvalue weighted by atomic mass is 10.0. The SMILES string of the molecule is CCc1cc2c(=O)n3c(nc2s1)/C(=C/c1ccccc1C(=O)OC)CC3. The minimum atomic E-state index is -0.373. The topological polar surface area (TPSA) is 61.2 Å². The number of thiophene rings is 1. The molecule has 0 N–H and O–H groups in total. The Morgan fingerprint density at radius 3 is 2.96 bits per heavy atom. The molecule has 132 valence electrons. The maximum Gasteiger partial charge on any atom is 0.338 e. The number of allylic oxidation sites excluding steroid dienone is 1. The van der Waals surface area contributed by atoms with Gasteiger partial charge < -0.3 is 4.74 Å². The largest absolute Gasteiger partial charge is 0.465 e. The van der Waals surface area contributed by atoms with Crippen LogP contribution in [0.1, 0.15) is 40.0 Å². The predicted octanol–water partition coefficient (Wildman–Crippen LogP) is 3.75. The van der Waals surface area contributed by atoms with E-state index in [1.54, 1.807) is 28.0 Å². The number of aryl methyl sites for hydroxylation is 1. The molecule has 2 aromatic heterocycles. The fourth-order valence-electron chi connectivity index (χ4n) is 3.28. The maximum absolute atomic E-state index is 12.8. The molecule has 3 heterocycles. The fraction of sp³-hybridized carbons (Fsp3) is 0.250. The molecule has 1 aliphatic rings. The summed E-state index contributed by atoms with van der Waals surface area (Å²) in [5, 5.41) is 0.701. The first-order chi connectivity index (χ1) is 12.6. The van der Waals surface area contributed by atoms with Crippen LogP contribution >= 0.6 is 11.3 Å². The van der Waals surface area contributed by atoms with Crippen molar-refractivity contribution in [1.29, 1.82) is 0 Å². The standard InChI is InChI=1S/C20H18N2O3S/c1-3-14-11-16-18(26-14)21-17-13(8-9-22(17)19(16)23)10-12-6-4-5-7-15(12)20(24)25-2/h4-7,10-11H,3,8-9H2,1-2H3/b13-10+. The first-order valence-corrected chi connectivity index (χ1v) is 9.35. The van der Waals surface area contributed by atoms with Crippen LogP contribution in [0.25, 0.3) is 21.9 Å². The number of rotatable bonds is 3. The highest BCUT2D eigenvalue weighted by Gasteiger charge is 2.22. The van der Waals surface area contributed by atoms with E-state index >= 15 is 0 Å². The molecule has 0 atom stereocenters. The third-order valence-corrected chi connectivity index (χ3v) is 5.81. The average Bonchev–Trinajstić information content (AvgIpc) is 3.26. The van der Waals surface area contributed by atoms with Gasteiger partial charge in [-0.3, -0.25) is 9.36 Å². The Bertz CT molecular complexity index is 1110. The zero-order chi connectivity index (χ0) is 18.3. The lowest BCUT2D eigenvalue weighted by Crippen LogP contribution is -2.19. The molecule has 0 bridgehead atoms. The second-order valence-electron chi connectivity index (χ2n) is 6.18. The van der Waals surface area contributed by atoms with Crippen molar-refractivity contribution in [1.82, 2.24) is 9.55 Å². The lowest BCUT2D eigenvalue weighted by Gasteiger charge is -2.06. The minimum absolute atomic E-state index is 0.0191. The normalized spacial score (nSPS) is 14.8. The van der Waals surface area contributed by atoms with Crippen molar-refractivity contribution in [3.63, 3.8) is 0 Å². The molecule has 4 rings (SSSR count). The van der Waals surface area contributed by atoms with Crippen LogP contribution in [-0.2, 0) is 17.7 Å². The highest BCUT2D eigenvalue weighted by molar-refractivity contribution is 7.18. The Morgan fingerprint density at radius 1 is 1.38 bits per heavy atom. The number of carbonyl (C=O) groups excluding carboxylic acids is 1. The third kappa shape index (κ3) is 2.66. The number of methoxy groups -OCH3 is 1. The van der Waals surface area contributed by atoms with Crippen LogP contribution in [0.3, 0.4) is 0 Å². The van der Waals surface area contributed by atoms with Gasteiger partial charge >= 0.3 is 5.97 Å². The lowest BCUT2D eigenvalue weighted by molar-refractivity contribution is 0.0600. The van der Waals surface area contributed by atoms with Gasteiger partial charge in [-0.05, 0) is 42.2 Å². The Hall–Kier alpha value is -2.73. The molecule has 26 heavy (non-hydrogen) atoms. The van der Waals surface area contributed by atoms with Gasteiger partial charge in [0, 0.05) is 11.4 Å². The number of esters is 1. The summed E-state index contributed by atoms with van der Waals surface area (Å²) in [5.74, 6) is 0.328. The quantitative estimate of drug-likeness (QED) is 0.663. The van der Waals surface area contributed by atoms with Gasteiger partial charge in [-0.1, -0.05) is 25.1 Å². The molecule has 0 spiro atoms. The number of carbonyl (C=O) groups is 1. The Morgan fingerprint density at radius 2 is 2.19 bits per heavy atom. The zero-order valence-corrected chi connectivity index (χ0v) is 15.4. The van der Waals surface area contributed by atoms with Crippen molar-refractivity contribution in [3.8, 4) is 0 Å². The number of fused-ring (bicyclic) bond motifs is 2. The molecule has 0 radical (unpaired) electrons. The van der Waals surface area contributed by atoms with Gasteiger partial charge in [0.05, 0.1) is 18.1 Å². The van der Waals surface area contributed by atoms with E-state index in [9.17, 15) is 9.59 Å². The molecule has 0 fully saturated rings. The summed E-state index contributed by atoms with van der Waals surface area (Å²) in [6, 6.07) is 9.25. The van der Waals surface area contributed by atoms with E-state index < -0.39 is 0 Å². The van der Waals surface area contributed by atoms with E-state index in [1.165, 1.54) is 7.11 Å². The van der Waals surface area contributed by atoms with E-state index in [4.69, 9.17) is 9.72 Å². The predicted molar refractivity (Wildman–Crippen MR) is 104 cm³/mol. The summed E-state index contributed by atoms with van der Waals surface area (Å²) < 4.78 is 6.60. The molecule has 0 saturated carbocycles. The van der Waals surface area contributed by atoms with Crippen LogP contribution in [0.15, 0.2) is 35.1 Å². The third-order valence-electron chi connectivity index (χ3n) is 4.64. The van der Waals surface area contributed by atoms with Gasteiger partial charge in [-0.2, -0.15) is 0 Å². The number of nitrogens with zero attached hydrogens (tertiary/aromatic N) is 2. The number of ether oxygens (including phenoxy) is 1. The van der Waals surface area contributed by atoms with Gasteiger partial charge in [-0.15, -0.1) is 11.3 Å². The molecule has 0 unspecified atom stereocenters. The monoisotopic (exact) mass is 366 g/mol. The smallest absolute Gasteiger partial charge is 0.338 e. The van der Waals surface area contributed by atoms with Crippen LogP contribution in [0.4, 0.5) is 0 Å². The second-order valence-corrected chi connectivity index (χ2v) is 7.29.